The Bertz CT molecular complexity index is 1250. The third kappa shape index (κ3) is 4.40. The van der Waals surface area contributed by atoms with Crippen molar-refractivity contribution in [2.24, 2.45) is 0 Å². The van der Waals surface area contributed by atoms with Crippen LogP contribution in [0.25, 0.3) is 22.0 Å². The number of nitrogens with one attached hydrogen (secondary N) is 1. The highest BCUT2D eigenvalue weighted by Crippen LogP contribution is 2.33. The zero-order chi connectivity index (χ0) is 22.8. The van der Waals surface area contributed by atoms with Gasteiger partial charge in [0, 0.05) is 25.2 Å². The van der Waals surface area contributed by atoms with Gasteiger partial charge in [-0.1, -0.05) is 17.4 Å². The third-order valence-electron chi connectivity index (χ3n) is 4.45. The van der Waals surface area contributed by atoms with Crippen LogP contribution >= 0.6 is 11.3 Å². The second-order valence-electron chi connectivity index (χ2n) is 6.63. The molecule has 0 atom stereocenters. The molecule has 12 heteroatoms. The van der Waals surface area contributed by atoms with Crippen molar-refractivity contribution in [1.82, 2.24) is 19.5 Å². The van der Waals surface area contributed by atoms with Crippen LogP contribution in [0.5, 0.6) is 0 Å². The van der Waals surface area contributed by atoms with Crippen molar-refractivity contribution >= 4 is 22.4 Å². The van der Waals surface area contributed by atoms with Crippen molar-refractivity contribution in [3.8, 4) is 22.0 Å². The summed E-state index contributed by atoms with van der Waals surface area (Å²) in [4.78, 5) is 24.8. The van der Waals surface area contributed by atoms with E-state index in [9.17, 15) is 22.4 Å². The molecule has 3 heterocycles. The number of aryl methyl sites for hydroxylation is 2. The van der Waals surface area contributed by atoms with E-state index in [1.54, 1.807) is 6.92 Å². The average Bonchev–Trinajstić information content (AvgIpc) is 3.46. The van der Waals surface area contributed by atoms with Crippen LogP contribution in [0.2, 0.25) is 0 Å². The second kappa shape index (κ2) is 8.91. The summed E-state index contributed by atoms with van der Waals surface area (Å²) in [6, 6.07) is 3.44. The Labute approximate surface area is 182 Å². The number of hydrogen-bond acceptors (Lipinski definition) is 6. The summed E-state index contributed by atoms with van der Waals surface area (Å²) >= 11 is 1.02. The maximum Gasteiger partial charge on any atom is 0.320 e. The Balaban J connectivity index is 1.40. The molecular formula is C20H15F4N5O2S. The summed E-state index contributed by atoms with van der Waals surface area (Å²) in [5.41, 5.74) is 0.117. The lowest BCUT2D eigenvalue weighted by Crippen LogP contribution is -2.12. The van der Waals surface area contributed by atoms with Crippen LogP contribution in [-0.2, 0) is 11.2 Å². The molecule has 1 N–H and O–H groups in total. The van der Waals surface area contributed by atoms with Gasteiger partial charge >= 0.3 is 6.55 Å². The number of amides is 1. The maximum absolute atomic E-state index is 13.9. The van der Waals surface area contributed by atoms with Crippen molar-refractivity contribution in [3.05, 3.63) is 60.0 Å². The van der Waals surface area contributed by atoms with Crippen LogP contribution in [0.1, 0.15) is 24.6 Å². The molecule has 7 nitrogen and oxygen atoms in total. The fourth-order valence-electron chi connectivity index (χ4n) is 2.98. The number of alkyl halides is 2. The minimum Gasteiger partial charge on any atom is -0.441 e. The number of carbonyl (C=O) groups is 1. The number of thiazole rings is 1. The van der Waals surface area contributed by atoms with Crippen molar-refractivity contribution in [3.63, 3.8) is 0 Å². The molecule has 0 saturated heterocycles. The Hall–Kier alpha value is -3.54. The first-order valence-corrected chi connectivity index (χ1v) is 10.1. The van der Waals surface area contributed by atoms with Gasteiger partial charge in [0.25, 0.3) is 0 Å². The maximum atomic E-state index is 13.9. The van der Waals surface area contributed by atoms with E-state index in [4.69, 9.17) is 4.42 Å². The lowest BCUT2D eigenvalue weighted by Gasteiger charge is -2.04. The lowest BCUT2D eigenvalue weighted by molar-refractivity contribution is -0.116. The summed E-state index contributed by atoms with van der Waals surface area (Å²) in [6.45, 7) is -1.13. The van der Waals surface area contributed by atoms with E-state index in [0.717, 1.165) is 29.7 Å². The predicted molar refractivity (Wildman–Crippen MR) is 108 cm³/mol. The van der Waals surface area contributed by atoms with Crippen molar-refractivity contribution in [2.75, 3.05) is 5.32 Å². The highest BCUT2D eigenvalue weighted by Gasteiger charge is 2.20. The second-order valence-corrected chi connectivity index (χ2v) is 7.63. The predicted octanol–water partition coefficient (Wildman–Crippen LogP) is 5.21. The molecule has 1 amide bonds. The number of oxazole rings is 1. The molecule has 0 aliphatic carbocycles. The van der Waals surface area contributed by atoms with Crippen LogP contribution in [0.15, 0.2) is 41.2 Å². The van der Waals surface area contributed by atoms with Gasteiger partial charge in [0.2, 0.25) is 5.91 Å². The number of hydrogen-bond donors (Lipinski definition) is 1. The van der Waals surface area contributed by atoms with Gasteiger partial charge in [-0.2, -0.15) is 8.78 Å². The summed E-state index contributed by atoms with van der Waals surface area (Å²) in [6.07, 6.45) is 3.65. The molecule has 0 spiro atoms. The highest BCUT2D eigenvalue weighted by atomic mass is 32.1. The molecular weight excluding hydrogens is 450 g/mol. The lowest BCUT2D eigenvalue weighted by atomic mass is 10.1. The van der Waals surface area contributed by atoms with Gasteiger partial charge in [-0.15, -0.1) is 0 Å². The van der Waals surface area contributed by atoms with Gasteiger partial charge in [0.1, 0.15) is 11.6 Å². The summed E-state index contributed by atoms with van der Waals surface area (Å²) in [7, 11) is 0. The van der Waals surface area contributed by atoms with Crippen molar-refractivity contribution in [1.29, 1.82) is 0 Å². The first-order chi connectivity index (χ1) is 15.3. The fourth-order valence-corrected chi connectivity index (χ4v) is 3.96. The summed E-state index contributed by atoms with van der Waals surface area (Å²) in [5, 5.41) is 2.82. The van der Waals surface area contributed by atoms with E-state index in [2.05, 4.69) is 20.3 Å². The standard InChI is InChI=1S/C20H15F4N5O2S/c1-10-17(18-25-7-8-29(18)19(23)24)32-20(27-10)28-14(30)5-6-15-26-9-13(31-15)16-11(21)3-2-4-12(16)22/h2-4,7-9,19H,5-6H2,1H3,(H,27,28,30). The molecule has 0 radical (unpaired) electrons. The molecule has 3 aromatic heterocycles. The molecule has 1 aromatic carbocycles. The molecule has 0 aliphatic heterocycles. The van der Waals surface area contributed by atoms with Gasteiger partial charge in [-0.3, -0.25) is 9.36 Å². The van der Waals surface area contributed by atoms with Crippen LogP contribution in [-0.4, -0.2) is 25.4 Å². The molecule has 166 valence electrons. The zero-order valence-corrected chi connectivity index (χ0v) is 17.3. The molecule has 32 heavy (non-hydrogen) atoms. The van der Waals surface area contributed by atoms with Gasteiger partial charge in [0.15, 0.2) is 22.6 Å². The molecule has 0 unspecified atom stereocenters. The molecule has 0 aliphatic rings. The SMILES string of the molecule is Cc1nc(NC(=O)CCc2ncc(-c3c(F)cccc3F)o2)sc1-c1nccn1C(F)F. The number of imidazole rings is 1. The van der Waals surface area contributed by atoms with Crippen molar-refractivity contribution in [2.45, 2.75) is 26.3 Å². The largest absolute Gasteiger partial charge is 0.441 e. The molecule has 0 bridgehead atoms. The van der Waals surface area contributed by atoms with E-state index < -0.39 is 24.1 Å². The zero-order valence-electron chi connectivity index (χ0n) is 16.5. The summed E-state index contributed by atoms with van der Waals surface area (Å²) < 4.78 is 60.0. The number of halogens is 4. The molecule has 4 aromatic rings. The third-order valence-corrected chi connectivity index (χ3v) is 5.52. The average molecular weight is 465 g/mol. The van der Waals surface area contributed by atoms with Crippen LogP contribution < -0.4 is 5.32 Å². The van der Waals surface area contributed by atoms with Crippen LogP contribution in [0, 0.1) is 18.6 Å². The van der Waals surface area contributed by atoms with Gasteiger partial charge in [0.05, 0.1) is 22.3 Å². The minimum atomic E-state index is -2.75. The number of rotatable bonds is 7. The van der Waals surface area contributed by atoms with Crippen LogP contribution in [0.3, 0.4) is 0 Å². The molecule has 0 saturated carbocycles. The first-order valence-electron chi connectivity index (χ1n) is 9.31. The highest BCUT2D eigenvalue weighted by molar-refractivity contribution is 7.19. The molecule has 0 fully saturated rings. The van der Waals surface area contributed by atoms with Gasteiger partial charge in [-0.05, 0) is 19.1 Å². The number of benzene rings is 1. The number of nitrogens with zero attached hydrogens (tertiary/aromatic N) is 4. The van der Waals surface area contributed by atoms with E-state index >= 15 is 0 Å². The Morgan fingerprint density at radius 3 is 2.72 bits per heavy atom. The number of anilines is 1. The monoisotopic (exact) mass is 465 g/mol. The minimum absolute atomic E-state index is 0.0423. The normalized spacial score (nSPS) is 11.3. The van der Waals surface area contributed by atoms with Crippen molar-refractivity contribution < 1.29 is 26.8 Å². The van der Waals surface area contributed by atoms with E-state index in [1.807, 2.05) is 0 Å². The van der Waals surface area contributed by atoms with E-state index in [0.29, 0.717) is 15.1 Å². The van der Waals surface area contributed by atoms with E-state index in [-0.39, 0.29) is 41.0 Å². The first kappa shape index (κ1) is 21.7. The number of aromatic nitrogens is 4. The van der Waals surface area contributed by atoms with Gasteiger partial charge < -0.3 is 9.73 Å². The van der Waals surface area contributed by atoms with Gasteiger partial charge in [-0.25, -0.2) is 23.7 Å². The quantitative estimate of drug-likeness (QED) is 0.379. The number of carbonyl (C=O) groups excluding carboxylic acids is 1. The Morgan fingerprint density at radius 1 is 1.25 bits per heavy atom. The van der Waals surface area contributed by atoms with Crippen LogP contribution in [0.4, 0.5) is 22.7 Å². The fraction of sp³-hybridized carbons (Fsp3) is 0.200. The van der Waals surface area contributed by atoms with E-state index in [1.165, 1.54) is 18.5 Å². The summed E-state index contributed by atoms with van der Waals surface area (Å²) in [5.74, 6) is -1.87. The Kier molecular flexibility index (Phi) is 6.04. The Morgan fingerprint density at radius 2 is 2.00 bits per heavy atom. The smallest absolute Gasteiger partial charge is 0.320 e. The molecule has 4 rings (SSSR count). The topological polar surface area (TPSA) is 85.8 Å².